The van der Waals surface area contributed by atoms with Gasteiger partial charge in [-0.05, 0) is 51.0 Å². The Bertz CT molecular complexity index is 1160. The predicted molar refractivity (Wildman–Crippen MR) is 119 cm³/mol. The second-order valence-corrected chi connectivity index (χ2v) is 6.96. The topological polar surface area (TPSA) is 51.6 Å². The fourth-order valence-corrected chi connectivity index (χ4v) is 3.09. The lowest BCUT2D eigenvalue weighted by Crippen LogP contribution is -2.00. The molecule has 0 fully saturated rings. The van der Waals surface area contributed by atoms with Crippen molar-refractivity contribution >= 4 is 21.8 Å². The average molecular weight is 411 g/mol. The molecular weight excluding hydrogens is 382 g/mol. The second kappa shape index (κ2) is 10.1. The molecule has 6 heteroatoms. The van der Waals surface area contributed by atoms with Crippen LogP contribution in [0.2, 0.25) is 0 Å². The molecule has 0 aliphatic rings. The molecule has 2 heterocycles. The Labute approximate surface area is 176 Å². The third-order valence-electron chi connectivity index (χ3n) is 4.33. The Balaban J connectivity index is 0.000000199. The summed E-state index contributed by atoms with van der Waals surface area (Å²) in [5, 5.41) is 1.60. The summed E-state index contributed by atoms with van der Waals surface area (Å²) in [6.45, 7) is 13.6. The van der Waals surface area contributed by atoms with Crippen molar-refractivity contribution in [2.45, 2.75) is 54.4 Å². The smallest absolute Gasteiger partial charge is 0.149 e. The first-order chi connectivity index (χ1) is 14.3. The minimum absolute atomic E-state index is 0.247. The molecule has 0 spiro atoms. The monoisotopic (exact) mass is 410 g/mol. The van der Waals surface area contributed by atoms with Crippen LogP contribution in [0.1, 0.15) is 56.6 Å². The molecule has 0 saturated carbocycles. The number of halogens is 2. The number of nitrogens with zero attached hydrogens (tertiary/aromatic N) is 4. The fourth-order valence-electron chi connectivity index (χ4n) is 3.09. The van der Waals surface area contributed by atoms with Crippen LogP contribution in [-0.2, 0) is 0 Å². The normalized spacial score (nSPS) is 10.5. The van der Waals surface area contributed by atoms with Crippen LogP contribution in [0.15, 0.2) is 36.4 Å². The number of rotatable bonds is 1. The van der Waals surface area contributed by atoms with Crippen molar-refractivity contribution in [3.05, 3.63) is 71.1 Å². The van der Waals surface area contributed by atoms with Gasteiger partial charge in [-0.2, -0.15) is 0 Å². The van der Waals surface area contributed by atoms with E-state index in [0.29, 0.717) is 11.3 Å². The number of fused-ring (bicyclic) bond motifs is 2. The van der Waals surface area contributed by atoms with Crippen LogP contribution in [0.3, 0.4) is 0 Å². The van der Waals surface area contributed by atoms with E-state index < -0.39 is 0 Å². The maximum Gasteiger partial charge on any atom is 0.149 e. The minimum Gasteiger partial charge on any atom is -0.238 e. The molecule has 2 aromatic carbocycles. The summed E-state index contributed by atoms with van der Waals surface area (Å²) in [6.07, 6.45) is 0. The van der Waals surface area contributed by atoms with Gasteiger partial charge in [0.05, 0.1) is 11.2 Å². The first-order valence-corrected chi connectivity index (χ1v) is 10.1. The lowest BCUT2D eigenvalue weighted by molar-refractivity contribution is 0.629. The maximum atomic E-state index is 13.5. The predicted octanol–water partition coefficient (Wildman–Crippen LogP) is 6.61. The zero-order chi connectivity index (χ0) is 22.4. The Hall–Kier alpha value is -3.02. The number of hydrogen-bond acceptors (Lipinski definition) is 4. The number of benzene rings is 2. The molecule has 0 aliphatic carbocycles. The highest BCUT2D eigenvalue weighted by Crippen LogP contribution is 2.24. The standard InChI is InChI=1S/C12H13FN2.C10H9FN2.C2H6/c1-7(2)11-9-5-4-6-10(13)12(9)15-8(3)14-11;1-6-9-5-8(11)3-4-10(9)13-7(2)12-6;1-2/h4-7H,1-3H3;3-5H,1-2H3;1-2H3. The van der Waals surface area contributed by atoms with E-state index in [4.69, 9.17) is 0 Å². The Morgan fingerprint density at radius 2 is 1.43 bits per heavy atom. The molecule has 158 valence electrons. The first-order valence-electron chi connectivity index (χ1n) is 10.1. The van der Waals surface area contributed by atoms with Gasteiger partial charge in [0.1, 0.15) is 28.8 Å². The fraction of sp³-hybridized carbons (Fsp3) is 0.333. The van der Waals surface area contributed by atoms with Crippen molar-refractivity contribution in [1.29, 1.82) is 0 Å². The van der Waals surface area contributed by atoms with Gasteiger partial charge in [0, 0.05) is 16.5 Å². The van der Waals surface area contributed by atoms with Gasteiger partial charge in [0.2, 0.25) is 0 Å². The third kappa shape index (κ3) is 5.32. The van der Waals surface area contributed by atoms with E-state index in [1.165, 1.54) is 18.2 Å². The van der Waals surface area contributed by atoms with Crippen molar-refractivity contribution in [2.75, 3.05) is 0 Å². The summed E-state index contributed by atoms with van der Waals surface area (Å²) >= 11 is 0. The molecular formula is C24H28F2N4. The zero-order valence-corrected chi connectivity index (χ0v) is 18.6. The average Bonchev–Trinajstić information content (AvgIpc) is 2.71. The van der Waals surface area contributed by atoms with E-state index in [0.717, 1.165) is 33.5 Å². The zero-order valence-electron chi connectivity index (χ0n) is 18.6. The summed E-state index contributed by atoms with van der Waals surface area (Å²) < 4.78 is 26.4. The molecule has 2 aromatic heterocycles. The molecule has 0 amide bonds. The van der Waals surface area contributed by atoms with E-state index >= 15 is 0 Å². The van der Waals surface area contributed by atoms with Gasteiger partial charge in [-0.25, -0.2) is 28.7 Å². The molecule has 4 nitrogen and oxygen atoms in total. The Morgan fingerprint density at radius 3 is 2.10 bits per heavy atom. The molecule has 30 heavy (non-hydrogen) atoms. The van der Waals surface area contributed by atoms with Crippen LogP contribution < -0.4 is 0 Å². The molecule has 0 unspecified atom stereocenters. The van der Waals surface area contributed by atoms with Crippen molar-refractivity contribution < 1.29 is 8.78 Å². The maximum absolute atomic E-state index is 13.5. The van der Waals surface area contributed by atoms with Crippen LogP contribution >= 0.6 is 0 Å². The molecule has 0 radical (unpaired) electrons. The molecule has 4 rings (SSSR count). The van der Waals surface area contributed by atoms with E-state index in [2.05, 4.69) is 19.9 Å². The SMILES string of the molecule is CC.Cc1nc(C(C)C)c2cccc(F)c2n1.Cc1nc(C)c2cc(F)ccc2n1. The minimum atomic E-state index is -0.278. The largest absolute Gasteiger partial charge is 0.238 e. The number of aromatic nitrogens is 4. The van der Waals surface area contributed by atoms with Crippen LogP contribution in [0.5, 0.6) is 0 Å². The first kappa shape index (κ1) is 23.3. The molecule has 0 aliphatic heterocycles. The van der Waals surface area contributed by atoms with Crippen LogP contribution in [0.25, 0.3) is 21.8 Å². The summed E-state index contributed by atoms with van der Waals surface area (Å²) in [5.41, 5.74) is 2.96. The molecule has 4 aromatic rings. The van der Waals surface area contributed by atoms with Gasteiger partial charge in [0.15, 0.2) is 0 Å². The quantitative estimate of drug-likeness (QED) is 0.354. The lowest BCUT2D eigenvalue weighted by atomic mass is 10.0. The number of hydrogen-bond donors (Lipinski definition) is 0. The van der Waals surface area contributed by atoms with Gasteiger partial charge < -0.3 is 0 Å². The Kier molecular flexibility index (Phi) is 7.86. The highest BCUT2D eigenvalue weighted by Gasteiger charge is 2.11. The Morgan fingerprint density at radius 1 is 0.767 bits per heavy atom. The lowest BCUT2D eigenvalue weighted by Gasteiger charge is -2.09. The van der Waals surface area contributed by atoms with Gasteiger partial charge in [-0.3, -0.25) is 0 Å². The van der Waals surface area contributed by atoms with Crippen molar-refractivity contribution in [2.24, 2.45) is 0 Å². The van der Waals surface area contributed by atoms with Gasteiger partial charge in [0.25, 0.3) is 0 Å². The number of aryl methyl sites for hydroxylation is 3. The van der Waals surface area contributed by atoms with Gasteiger partial charge >= 0.3 is 0 Å². The second-order valence-electron chi connectivity index (χ2n) is 6.96. The molecule has 0 atom stereocenters. The molecule has 0 saturated heterocycles. The number of para-hydroxylation sites is 1. The van der Waals surface area contributed by atoms with Crippen LogP contribution in [0, 0.1) is 32.4 Å². The van der Waals surface area contributed by atoms with Crippen molar-refractivity contribution in [3.8, 4) is 0 Å². The summed E-state index contributed by atoms with van der Waals surface area (Å²) in [5.74, 6) is 1.09. The van der Waals surface area contributed by atoms with E-state index in [-0.39, 0.29) is 17.6 Å². The van der Waals surface area contributed by atoms with Crippen molar-refractivity contribution in [1.82, 2.24) is 19.9 Å². The van der Waals surface area contributed by atoms with Gasteiger partial charge in [-0.15, -0.1) is 0 Å². The van der Waals surface area contributed by atoms with Crippen molar-refractivity contribution in [3.63, 3.8) is 0 Å². The van der Waals surface area contributed by atoms with E-state index in [1.54, 1.807) is 19.1 Å². The van der Waals surface area contributed by atoms with E-state index in [1.807, 2.05) is 47.6 Å². The van der Waals surface area contributed by atoms with E-state index in [9.17, 15) is 8.78 Å². The highest BCUT2D eigenvalue weighted by atomic mass is 19.1. The summed E-state index contributed by atoms with van der Waals surface area (Å²) in [6, 6.07) is 9.54. The molecule has 0 bridgehead atoms. The molecule has 0 N–H and O–H groups in total. The highest BCUT2D eigenvalue weighted by molar-refractivity contribution is 5.82. The van der Waals surface area contributed by atoms with Crippen LogP contribution in [0.4, 0.5) is 8.78 Å². The summed E-state index contributed by atoms with van der Waals surface area (Å²) in [4.78, 5) is 16.9. The third-order valence-corrected chi connectivity index (χ3v) is 4.33. The van der Waals surface area contributed by atoms with Gasteiger partial charge in [-0.1, -0.05) is 39.8 Å². The summed E-state index contributed by atoms with van der Waals surface area (Å²) in [7, 11) is 0. The van der Waals surface area contributed by atoms with Crippen LogP contribution in [-0.4, -0.2) is 19.9 Å².